The number of nitrogens with two attached hydrogens (primary N) is 1. The second-order valence-corrected chi connectivity index (χ2v) is 5.01. The van der Waals surface area contributed by atoms with Crippen LogP contribution in [0.15, 0.2) is 35.4 Å². The van der Waals surface area contributed by atoms with Crippen LogP contribution in [0.2, 0.25) is 0 Å². The van der Waals surface area contributed by atoms with Gasteiger partial charge in [-0.05, 0) is 32.0 Å². The molecule has 6 heteroatoms. The molecule has 0 aliphatic heterocycles. The molecule has 0 radical (unpaired) electrons. The van der Waals surface area contributed by atoms with Crippen molar-refractivity contribution in [3.63, 3.8) is 0 Å². The predicted molar refractivity (Wildman–Crippen MR) is 72.4 cm³/mol. The van der Waals surface area contributed by atoms with E-state index in [0.717, 1.165) is 18.2 Å². The Morgan fingerprint density at radius 3 is 2.55 bits per heavy atom. The largest absolute Gasteiger partial charge is 0.328 e. The Kier molecular flexibility index (Phi) is 4.04. The molecule has 0 aliphatic carbocycles. The van der Waals surface area contributed by atoms with E-state index < -0.39 is 17.7 Å². The number of aromatic nitrogens is 2. The van der Waals surface area contributed by atoms with E-state index in [4.69, 9.17) is 5.73 Å². The lowest BCUT2D eigenvalue weighted by molar-refractivity contribution is 0.498. The molecule has 1 unspecified atom stereocenters. The first-order valence-corrected chi connectivity index (χ1v) is 6.38. The van der Waals surface area contributed by atoms with Gasteiger partial charge in [0.15, 0.2) is 0 Å². The summed E-state index contributed by atoms with van der Waals surface area (Å²) in [6.45, 7) is 3.87. The molecule has 0 aliphatic rings. The first kappa shape index (κ1) is 14.5. The van der Waals surface area contributed by atoms with Crippen molar-refractivity contribution in [1.29, 1.82) is 0 Å². The van der Waals surface area contributed by atoms with Crippen LogP contribution in [0.25, 0.3) is 0 Å². The Morgan fingerprint density at radius 2 is 1.95 bits per heavy atom. The van der Waals surface area contributed by atoms with Gasteiger partial charge in [-0.15, -0.1) is 0 Å². The van der Waals surface area contributed by atoms with Crippen LogP contribution in [0.1, 0.15) is 31.5 Å². The van der Waals surface area contributed by atoms with Crippen molar-refractivity contribution < 1.29 is 8.78 Å². The summed E-state index contributed by atoms with van der Waals surface area (Å²) >= 11 is 0. The highest BCUT2D eigenvalue weighted by Gasteiger charge is 2.15. The summed E-state index contributed by atoms with van der Waals surface area (Å²) in [5.74, 6) is -1.13. The van der Waals surface area contributed by atoms with Gasteiger partial charge in [0.05, 0.1) is 6.04 Å². The smallest absolute Gasteiger partial charge is 0.322 e. The summed E-state index contributed by atoms with van der Waals surface area (Å²) < 4.78 is 29.7. The highest BCUT2D eigenvalue weighted by atomic mass is 19.1. The van der Waals surface area contributed by atoms with E-state index >= 15 is 0 Å². The van der Waals surface area contributed by atoms with Crippen molar-refractivity contribution in [3.05, 3.63) is 58.3 Å². The van der Waals surface area contributed by atoms with Gasteiger partial charge in [-0.1, -0.05) is 0 Å². The summed E-state index contributed by atoms with van der Waals surface area (Å²) in [6, 6.07) is 2.38. The van der Waals surface area contributed by atoms with E-state index in [0.29, 0.717) is 0 Å². The lowest BCUT2D eigenvalue weighted by Crippen LogP contribution is -2.29. The first-order valence-electron chi connectivity index (χ1n) is 6.38. The lowest BCUT2D eigenvalue weighted by atomic mass is 10.1. The fourth-order valence-corrected chi connectivity index (χ4v) is 2.07. The molecule has 1 aromatic heterocycles. The number of nitrogens with zero attached hydrogens (tertiary/aromatic N) is 2. The summed E-state index contributed by atoms with van der Waals surface area (Å²) in [5, 5.41) is 0. The minimum Gasteiger partial charge on any atom is -0.322 e. The fourth-order valence-electron chi connectivity index (χ4n) is 2.07. The van der Waals surface area contributed by atoms with E-state index in [1.54, 1.807) is 17.0 Å². The second kappa shape index (κ2) is 5.58. The van der Waals surface area contributed by atoms with E-state index in [1.807, 2.05) is 13.8 Å². The van der Waals surface area contributed by atoms with Crippen molar-refractivity contribution >= 4 is 0 Å². The number of imidazole rings is 1. The molecule has 0 spiro atoms. The zero-order chi connectivity index (χ0) is 14.9. The maximum absolute atomic E-state index is 13.6. The molecule has 0 fully saturated rings. The van der Waals surface area contributed by atoms with Gasteiger partial charge in [0.1, 0.15) is 11.6 Å². The topological polar surface area (TPSA) is 52.9 Å². The minimum atomic E-state index is -0.786. The van der Waals surface area contributed by atoms with Crippen LogP contribution in [0.5, 0.6) is 0 Å². The van der Waals surface area contributed by atoms with Gasteiger partial charge in [0, 0.05) is 30.5 Å². The van der Waals surface area contributed by atoms with E-state index in [1.165, 1.54) is 4.57 Å². The Bertz CT molecular complexity index is 661. The SMILES string of the molecule is CC(C)n1ccn(CC(N)c2cc(F)ccc2F)c1=O. The van der Waals surface area contributed by atoms with Crippen LogP contribution in [0.4, 0.5) is 8.78 Å². The van der Waals surface area contributed by atoms with Crippen molar-refractivity contribution in [2.45, 2.75) is 32.5 Å². The molecular weight excluding hydrogens is 264 g/mol. The third-order valence-corrected chi connectivity index (χ3v) is 3.18. The van der Waals surface area contributed by atoms with E-state index in [-0.39, 0.29) is 23.8 Å². The standard InChI is InChI=1S/C14H17F2N3O/c1-9(2)19-6-5-18(14(19)20)8-13(17)11-7-10(15)3-4-12(11)16/h3-7,9,13H,8,17H2,1-2H3. The Morgan fingerprint density at radius 1 is 1.25 bits per heavy atom. The molecule has 0 bridgehead atoms. The van der Waals surface area contributed by atoms with Crippen molar-refractivity contribution in [2.75, 3.05) is 0 Å². The van der Waals surface area contributed by atoms with Crippen molar-refractivity contribution in [3.8, 4) is 0 Å². The van der Waals surface area contributed by atoms with Gasteiger partial charge in [0.25, 0.3) is 0 Å². The monoisotopic (exact) mass is 281 g/mol. The van der Waals surface area contributed by atoms with Crippen LogP contribution < -0.4 is 11.4 Å². The fraction of sp³-hybridized carbons (Fsp3) is 0.357. The van der Waals surface area contributed by atoms with Crippen LogP contribution >= 0.6 is 0 Å². The van der Waals surface area contributed by atoms with Gasteiger partial charge in [-0.2, -0.15) is 0 Å². The highest BCUT2D eigenvalue weighted by molar-refractivity contribution is 5.22. The zero-order valence-electron chi connectivity index (χ0n) is 11.4. The van der Waals surface area contributed by atoms with Gasteiger partial charge >= 0.3 is 5.69 Å². The molecule has 0 amide bonds. The maximum Gasteiger partial charge on any atom is 0.328 e. The summed E-state index contributed by atoms with van der Waals surface area (Å²) in [6.07, 6.45) is 3.25. The van der Waals surface area contributed by atoms with Crippen LogP contribution in [-0.4, -0.2) is 9.13 Å². The average Bonchev–Trinajstić information content (AvgIpc) is 2.74. The molecule has 2 N–H and O–H groups in total. The summed E-state index contributed by atoms with van der Waals surface area (Å²) in [4.78, 5) is 12.0. The third-order valence-electron chi connectivity index (χ3n) is 3.18. The molecule has 20 heavy (non-hydrogen) atoms. The van der Waals surface area contributed by atoms with E-state index in [2.05, 4.69) is 0 Å². The molecule has 108 valence electrons. The molecule has 4 nitrogen and oxygen atoms in total. The number of benzene rings is 1. The van der Waals surface area contributed by atoms with Gasteiger partial charge < -0.3 is 5.73 Å². The number of hydrogen-bond acceptors (Lipinski definition) is 2. The third kappa shape index (κ3) is 2.80. The summed E-state index contributed by atoms with van der Waals surface area (Å²) in [7, 11) is 0. The predicted octanol–water partition coefficient (Wildman–Crippen LogP) is 2.21. The Hall–Kier alpha value is -1.95. The molecule has 2 aromatic rings. The first-order chi connectivity index (χ1) is 9.40. The van der Waals surface area contributed by atoms with Gasteiger partial charge in [-0.25, -0.2) is 13.6 Å². The van der Waals surface area contributed by atoms with Crippen molar-refractivity contribution in [2.24, 2.45) is 5.73 Å². The van der Waals surface area contributed by atoms with Gasteiger partial charge in [-0.3, -0.25) is 9.13 Å². The number of rotatable bonds is 4. The maximum atomic E-state index is 13.6. The molecule has 2 rings (SSSR count). The molecule has 1 heterocycles. The zero-order valence-corrected chi connectivity index (χ0v) is 11.4. The second-order valence-electron chi connectivity index (χ2n) is 5.01. The van der Waals surface area contributed by atoms with Gasteiger partial charge in [0.2, 0.25) is 0 Å². The minimum absolute atomic E-state index is 0.0332. The van der Waals surface area contributed by atoms with Crippen LogP contribution in [0, 0.1) is 11.6 Å². The Balaban J connectivity index is 2.26. The number of halogens is 2. The lowest BCUT2D eigenvalue weighted by Gasteiger charge is -2.13. The van der Waals surface area contributed by atoms with E-state index in [9.17, 15) is 13.6 Å². The quantitative estimate of drug-likeness (QED) is 0.934. The Labute approximate surface area is 115 Å². The molecular formula is C14H17F2N3O. The molecule has 1 aromatic carbocycles. The average molecular weight is 281 g/mol. The molecule has 1 atom stereocenters. The van der Waals surface area contributed by atoms with Crippen molar-refractivity contribution in [1.82, 2.24) is 9.13 Å². The normalized spacial score (nSPS) is 12.9. The van der Waals surface area contributed by atoms with Crippen LogP contribution in [-0.2, 0) is 6.54 Å². The molecule has 0 saturated heterocycles. The highest BCUT2D eigenvalue weighted by Crippen LogP contribution is 2.17. The van der Waals surface area contributed by atoms with Crippen LogP contribution in [0.3, 0.4) is 0 Å². The summed E-state index contributed by atoms with van der Waals surface area (Å²) in [5.41, 5.74) is 5.72. The molecule has 0 saturated carbocycles. The number of hydrogen-bond donors (Lipinski definition) is 1.